The zero-order chi connectivity index (χ0) is 14.8. The third-order valence-corrected chi connectivity index (χ3v) is 7.20. The quantitative estimate of drug-likeness (QED) is 0.782. The van der Waals surface area contributed by atoms with Crippen LogP contribution in [0.25, 0.3) is 0 Å². The van der Waals surface area contributed by atoms with E-state index in [9.17, 15) is 8.42 Å². The van der Waals surface area contributed by atoms with Crippen LogP contribution in [0.4, 0.5) is 0 Å². The summed E-state index contributed by atoms with van der Waals surface area (Å²) in [6, 6.07) is 4.97. The van der Waals surface area contributed by atoms with Crippen LogP contribution in [0, 0.1) is 11.8 Å². The molecule has 1 fully saturated rings. The van der Waals surface area contributed by atoms with Crippen LogP contribution in [0.5, 0.6) is 0 Å². The van der Waals surface area contributed by atoms with Gasteiger partial charge in [-0.05, 0) is 74.7 Å². The highest BCUT2D eigenvalue weighted by atomic mass is 79.9. The fraction of sp³-hybridized carbons (Fsp3) is 0.571. The van der Waals surface area contributed by atoms with E-state index >= 15 is 0 Å². The molecule has 112 valence electrons. The van der Waals surface area contributed by atoms with Gasteiger partial charge >= 0.3 is 0 Å². The van der Waals surface area contributed by atoms with Gasteiger partial charge in [-0.1, -0.05) is 19.8 Å². The van der Waals surface area contributed by atoms with E-state index in [1.165, 1.54) is 12.8 Å². The van der Waals surface area contributed by atoms with Crippen molar-refractivity contribution in [1.82, 2.24) is 4.72 Å². The second kappa shape index (κ2) is 6.90. The Balaban J connectivity index is 1.98. The van der Waals surface area contributed by atoms with Crippen molar-refractivity contribution >= 4 is 41.9 Å². The average molecular weight is 425 g/mol. The monoisotopic (exact) mass is 423 g/mol. The van der Waals surface area contributed by atoms with E-state index in [1.807, 2.05) is 0 Å². The lowest BCUT2D eigenvalue weighted by Crippen LogP contribution is -2.31. The third kappa shape index (κ3) is 4.29. The molecule has 1 aromatic carbocycles. The molecule has 20 heavy (non-hydrogen) atoms. The summed E-state index contributed by atoms with van der Waals surface area (Å²) in [5.74, 6) is 1.25. The molecule has 0 aromatic heterocycles. The zero-order valence-corrected chi connectivity index (χ0v) is 15.4. The number of benzene rings is 1. The highest BCUT2D eigenvalue weighted by molar-refractivity contribution is 9.13. The van der Waals surface area contributed by atoms with Crippen LogP contribution in [0.15, 0.2) is 32.0 Å². The molecule has 1 aliphatic rings. The normalized spacial score (nSPS) is 23.8. The second-order valence-corrected chi connectivity index (χ2v) is 9.03. The van der Waals surface area contributed by atoms with E-state index in [0.29, 0.717) is 17.4 Å². The minimum absolute atomic E-state index is 0.303. The Hall–Kier alpha value is 0.0900. The van der Waals surface area contributed by atoms with Gasteiger partial charge < -0.3 is 0 Å². The summed E-state index contributed by atoms with van der Waals surface area (Å²) in [5.41, 5.74) is 0. The Morgan fingerprint density at radius 2 is 1.80 bits per heavy atom. The molecule has 0 aliphatic heterocycles. The third-order valence-electron chi connectivity index (χ3n) is 3.90. The molecular formula is C14H19Br2NO2S. The van der Waals surface area contributed by atoms with Crippen molar-refractivity contribution in [3.05, 3.63) is 27.1 Å². The summed E-state index contributed by atoms with van der Waals surface area (Å²) in [6.45, 7) is 2.81. The lowest BCUT2D eigenvalue weighted by Gasteiger charge is -2.26. The predicted octanol–water partition coefficient (Wildman–Crippen LogP) is 4.32. The standard InChI is InChI=1S/C14H19Br2NO2S/c1-10-2-4-11(5-3-10)9-17-20(18,19)12-6-7-13(15)14(16)8-12/h6-8,10-11,17H,2-5,9H2,1H3. The Kier molecular flexibility index (Phi) is 5.68. The molecular weight excluding hydrogens is 406 g/mol. The first-order valence-electron chi connectivity index (χ1n) is 6.83. The van der Waals surface area contributed by atoms with Crippen LogP contribution in [-0.2, 0) is 10.0 Å². The fourth-order valence-electron chi connectivity index (χ4n) is 2.49. The van der Waals surface area contributed by atoms with Gasteiger partial charge in [-0.3, -0.25) is 0 Å². The summed E-state index contributed by atoms with van der Waals surface area (Å²) in [7, 11) is -3.41. The highest BCUT2D eigenvalue weighted by Crippen LogP contribution is 2.29. The van der Waals surface area contributed by atoms with E-state index in [-0.39, 0.29) is 0 Å². The minimum atomic E-state index is -3.41. The summed E-state index contributed by atoms with van der Waals surface area (Å²) >= 11 is 6.67. The largest absolute Gasteiger partial charge is 0.240 e. The molecule has 1 aromatic rings. The van der Waals surface area contributed by atoms with Crippen molar-refractivity contribution in [3.63, 3.8) is 0 Å². The molecule has 0 radical (unpaired) electrons. The first-order chi connectivity index (χ1) is 9.38. The van der Waals surface area contributed by atoms with Gasteiger partial charge in [0.1, 0.15) is 0 Å². The van der Waals surface area contributed by atoms with Crippen molar-refractivity contribution in [2.45, 2.75) is 37.5 Å². The molecule has 0 saturated heterocycles. The molecule has 0 spiro atoms. The Morgan fingerprint density at radius 3 is 2.40 bits per heavy atom. The topological polar surface area (TPSA) is 46.2 Å². The van der Waals surface area contributed by atoms with Crippen LogP contribution in [0.2, 0.25) is 0 Å². The number of nitrogens with one attached hydrogen (secondary N) is 1. The Bertz CT molecular complexity index is 567. The minimum Gasteiger partial charge on any atom is -0.211 e. The van der Waals surface area contributed by atoms with Gasteiger partial charge in [-0.15, -0.1) is 0 Å². The van der Waals surface area contributed by atoms with Gasteiger partial charge in [0.15, 0.2) is 0 Å². The first kappa shape index (κ1) is 16.5. The number of rotatable bonds is 4. The zero-order valence-electron chi connectivity index (χ0n) is 11.4. The molecule has 1 N–H and O–H groups in total. The molecule has 0 amide bonds. The van der Waals surface area contributed by atoms with E-state index < -0.39 is 10.0 Å². The van der Waals surface area contributed by atoms with Crippen molar-refractivity contribution in [1.29, 1.82) is 0 Å². The SMILES string of the molecule is CC1CCC(CNS(=O)(=O)c2ccc(Br)c(Br)c2)CC1. The number of hydrogen-bond acceptors (Lipinski definition) is 2. The van der Waals surface area contributed by atoms with Crippen molar-refractivity contribution in [2.24, 2.45) is 11.8 Å². The van der Waals surface area contributed by atoms with Gasteiger partial charge in [0, 0.05) is 15.5 Å². The molecule has 0 unspecified atom stereocenters. The Morgan fingerprint density at radius 1 is 1.15 bits per heavy atom. The van der Waals surface area contributed by atoms with Crippen LogP contribution >= 0.6 is 31.9 Å². The van der Waals surface area contributed by atoms with E-state index in [1.54, 1.807) is 18.2 Å². The number of hydrogen-bond donors (Lipinski definition) is 1. The van der Waals surface area contributed by atoms with Gasteiger partial charge in [0.2, 0.25) is 10.0 Å². The van der Waals surface area contributed by atoms with E-state index in [0.717, 1.165) is 27.7 Å². The van der Waals surface area contributed by atoms with Crippen molar-refractivity contribution < 1.29 is 8.42 Å². The molecule has 1 saturated carbocycles. The highest BCUT2D eigenvalue weighted by Gasteiger charge is 2.21. The summed E-state index contributed by atoms with van der Waals surface area (Å²) in [6.07, 6.45) is 4.65. The van der Waals surface area contributed by atoms with Gasteiger partial charge in [0.05, 0.1) is 4.90 Å². The first-order valence-corrected chi connectivity index (χ1v) is 9.90. The van der Waals surface area contributed by atoms with E-state index in [4.69, 9.17) is 0 Å². The molecule has 1 aliphatic carbocycles. The molecule has 0 atom stereocenters. The van der Waals surface area contributed by atoms with Gasteiger partial charge in [-0.25, -0.2) is 13.1 Å². The fourth-order valence-corrected chi connectivity index (χ4v) is 4.41. The summed E-state index contributed by atoms with van der Waals surface area (Å²) < 4.78 is 28.8. The van der Waals surface area contributed by atoms with Gasteiger partial charge in [0.25, 0.3) is 0 Å². The van der Waals surface area contributed by atoms with Gasteiger partial charge in [-0.2, -0.15) is 0 Å². The number of halogens is 2. The smallest absolute Gasteiger partial charge is 0.211 e. The maximum absolute atomic E-state index is 12.3. The van der Waals surface area contributed by atoms with Crippen molar-refractivity contribution in [2.75, 3.05) is 6.54 Å². The maximum atomic E-state index is 12.3. The lowest BCUT2D eigenvalue weighted by molar-refractivity contribution is 0.290. The molecule has 0 bridgehead atoms. The average Bonchev–Trinajstić information content (AvgIpc) is 2.41. The summed E-state index contributed by atoms with van der Waals surface area (Å²) in [4.78, 5) is 0.303. The number of sulfonamides is 1. The van der Waals surface area contributed by atoms with Crippen LogP contribution in [0.3, 0.4) is 0 Å². The maximum Gasteiger partial charge on any atom is 0.240 e. The molecule has 0 heterocycles. The molecule has 2 rings (SSSR count). The van der Waals surface area contributed by atoms with Crippen LogP contribution in [-0.4, -0.2) is 15.0 Å². The Labute approximate surface area is 137 Å². The van der Waals surface area contributed by atoms with Crippen LogP contribution in [0.1, 0.15) is 32.6 Å². The molecule has 6 heteroatoms. The van der Waals surface area contributed by atoms with Crippen LogP contribution < -0.4 is 4.72 Å². The molecule has 3 nitrogen and oxygen atoms in total. The van der Waals surface area contributed by atoms with E-state index in [2.05, 4.69) is 43.5 Å². The lowest BCUT2D eigenvalue weighted by atomic mass is 9.83. The predicted molar refractivity (Wildman–Crippen MR) is 88.2 cm³/mol. The van der Waals surface area contributed by atoms with Crippen molar-refractivity contribution in [3.8, 4) is 0 Å². The second-order valence-electron chi connectivity index (χ2n) is 5.55. The summed E-state index contributed by atoms with van der Waals surface area (Å²) in [5, 5.41) is 0.